The third kappa shape index (κ3) is 3.94. The summed E-state index contributed by atoms with van der Waals surface area (Å²) in [5, 5.41) is 5.56. The average molecular weight is 357 g/mol. The van der Waals surface area contributed by atoms with Gasteiger partial charge < -0.3 is 10.6 Å². The largest absolute Gasteiger partial charge is 0.416 e. The normalized spacial score (nSPS) is 14.3. The van der Waals surface area contributed by atoms with Crippen molar-refractivity contribution < 1.29 is 18.0 Å². The summed E-state index contributed by atoms with van der Waals surface area (Å²) in [6, 6.07) is 4.45. The Morgan fingerprint density at radius 3 is 2.62 bits per heavy atom. The van der Waals surface area contributed by atoms with E-state index >= 15 is 0 Å². The van der Waals surface area contributed by atoms with Crippen molar-refractivity contribution >= 4 is 29.0 Å². The zero-order chi connectivity index (χ0) is 17.3. The fourth-order valence-electron chi connectivity index (χ4n) is 1.97. The number of nitrogens with zero attached hydrogens (tertiary/aromatic N) is 2. The second kappa shape index (κ2) is 6.27. The maximum atomic E-state index is 12.8. The van der Waals surface area contributed by atoms with E-state index in [4.69, 9.17) is 11.6 Å². The number of hydrogen-bond donors (Lipinski definition) is 2. The van der Waals surface area contributed by atoms with Gasteiger partial charge in [-0.15, -0.1) is 0 Å². The second-order valence-electron chi connectivity index (χ2n) is 5.35. The fourth-order valence-corrected chi connectivity index (χ4v) is 2.14. The lowest BCUT2D eigenvalue weighted by atomic mass is 10.2. The molecule has 3 rings (SSSR count). The van der Waals surface area contributed by atoms with Gasteiger partial charge in [-0.1, -0.05) is 11.6 Å². The van der Waals surface area contributed by atoms with Gasteiger partial charge in [0.05, 0.1) is 16.3 Å². The van der Waals surface area contributed by atoms with Crippen molar-refractivity contribution in [3.8, 4) is 0 Å². The summed E-state index contributed by atoms with van der Waals surface area (Å²) >= 11 is 5.92. The summed E-state index contributed by atoms with van der Waals surface area (Å²) < 4.78 is 38.4. The van der Waals surface area contributed by atoms with Crippen LogP contribution in [0.15, 0.2) is 30.6 Å². The molecule has 1 heterocycles. The number of aromatic nitrogens is 2. The van der Waals surface area contributed by atoms with Crippen LogP contribution < -0.4 is 10.6 Å². The lowest BCUT2D eigenvalue weighted by molar-refractivity contribution is -0.137. The molecular weight excluding hydrogens is 345 g/mol. The van der Waals surface area contributed by atoms with Crippen LogP contribution >= 0.6 is 11.6 Å². The Balaban J connectivity index is 1.82. The molecular formula is C15H12ClF3N4O. The van der Waals surface area contributed by atoms with Crippen molar-refractivity contribution in [2.45, 2.75) is 25.1 Å². The molecule has 1 aromatic carbocycles. The van der Waals surface area contributed by atoms with E-state index < -0.39 is 11.7 Å². The predicted octanol–water partition coefficient (Wildman–Crippen LogP) is 3.78. The quantitative estimate of drug-likeness (QED) is 0.874. The van der Waals surface area contributed by atoms with Crippen LogP contribution in [0.25, 0.3) is 0 Å². The van der Waals surface area contributed by atoms with E-state index in [-0.39, 0.29) is 34.2 Å². The molecule has 1 amide bonds. The minimum Gasteiger partial charge on any atom is -0.348 e. The molecule has 0 atom stereocenters. The molecule has 1 aliphatic carbocycles. The molecule has 0 unspecified atom stereocenters. The maximum absolute atomic E-state index is 12.8. The third-order valence-electron chi connectivity index (χ3n) is 3.37. The highest BCUT2D eigenvalue weighted by atomic mass is 35.5. The lowest BCUT2D eigenvalue weighted by Crippen LogP contribution is -2.26. The van der Waals surface area contributed by atoms with E-state index in [0.717, 1.165) is 37.4 Å². The van der Waals surface area contributed by atoms with E-state index in [0.29, 0.717) is 0 Å². The number of nitrogens with one attached hydrogen (secondary N) is 2. The molecule has 5 nitrogen and oxygen atoms in total. The van der Waals surface area contributed by atoms with Gasteiger partial charge in [0.25, 0.3) is 5.91 Å². The maximum Gasteiger partial charge on any atom is 0.416 e. The number of carbonyl (C=O) groups excluding carboxylic acids is 1. The molecule has 9 heteroatoms. The number of rotatable bonds is 4. The summed E-state index contributed by atoms with van der Waals surface area (Å²) in [6.45, 7) is 0. The zero-order valence-corrected chi connectivity index (χ0v) is 12.9. The Hall–Kier alpha value is -2.35. The Morgan fingerprint density at radius 1 is 1.21 bits per heavy atom. The van der Waals surface area contributed by atoms with Gasteiger partial charge in [0.1, 0.15) is 17.8 Å². The first-order chi connectivity index (χ1) is 11.3. The van der Waals surface area contributed by atoms with Crippen molar-refractivity contribution in [2.75, 3.05) is 5.32 Å². The molecule has 1 fully saturated rings. The van der Waals surface area contributed by atoms with Crippen molar-refractivity contribution in [1.29, 1.82) is 0 Å². The average Bonchev–Trinajstić information content (AvgIpc) is 3.32. The number of halogens is 4. The van der Waals surface area contributed by atoms with Crippen LogP contribution in [0.2, 0.25) is 5.02 Å². The number of amides is 1. The highest BCUT2D eigenvalue weighted by Crippen LogP contribution is 2.34. The second-order valence-corrected chi connectivity index (χ2v) is 5.76. The molecule has 0 saturated heterocycles. The van der Waals surface area contributed by atoms with E-state index in [1.165, 1.54) is 6.07 Å². The van der Waals surface area contributed by atoms with Crippen LogP contribution in [0.5, 0.6) is 0 Å². The smallest absolute Gasteiger partial charge is 0.348 e. The van der Waals surface area contributed by atoms with E-state index in [1.807, 2.05) is 0 Å². The molecule has 0 aliphatic heterocycles. The van der Waals surface area contributed by atoms with E-state index in [2.05, 4.69) is 20.6 Å². The Bertz CT molecular complexity index is 778. The number of benzene rings is 1. The zero-order valence-electron chi connectivity index (χ0n) is 12.2. The van der Waals surface area contributed by atoms with E-state index in [1.54, 1.807) is 0 Å². The summed E-state index contributed by atoms with van der Waals surface area (Å²) in [5.74, 6) is -0.176. The first kappa shape index (κ1) is 16.5. The van der Waals surface area contributed by atoms with Gasteiger partial charge in [0, 0.05) is 12.1 Å². The Morgan fingerprint density at radius 2 is 1.96 bits per heavy atom. The molecule has 0 bridgehead atoms. The molecule has 126 valence electrons. The van der Waals surface area contributed by atoms with Crippen molar-refractivity contribution in [3.63, 3.8) is 0 Å². The van der Waals surface area contributed by atoms with Gasteiger partial charge in [-0.05, 0) is 31.0 Å². The van der Waals surface area contributed by atoms with Crippen LogP contribution in [-0.2, 0) is 6.18 Å². The molecule has 0 radical (unpaired) electrons. The monoisotopic (exact) mass is 356 g/mol. The van der Waals surface area contributed by atoms with Crippen LogP contribution in [0.1, 0.15) is 28.9 Å². The minimum atomic E-state index is -4.48. The summed E-state index contributed by atoms with van der Waals surface area (Å²) in [5.41, 5.74) is -0.670. The van der Waals surface area contributed by atoms with Crippen LogP contribution in [0, 0.1) is 0 Å². The minimum absolute atomic E-state index is 0.0405. The molecule has 1 aromatic heterocycles. The number of alkyl halides is 3. The number of anilines is 2. The van der Waals surface area contributed by atoms with Crippen molar-refractivity contribution in [1.82, 2.24) is 15.3 Å². The fraction of sp³-hybridized carbons (Fsp3) is 0.267. The van der Waals surface area contributed by atoms with Gasteiger partial charge in [-0.3, -0.25) is 4.79 Å². The topological polar surface area (TPSA) is 66.9 Å². The Labute approximate surface area is 140 Å². The molecule has 2 aromatic rings. The van der Waals surface area contributed by atoms with Gasteiger partial charge in [0.15, 0.2) is 0 Å². The summed E-state index contributed by atoms with van der Waals surface area (Å²) in [6.07, 6.45) is -1.46. The van der Waals surface area contributed by atoms with Crippen LogP contribution in [0.3, 0.4) is 0 Å². The Kier molecular flexibility index (Phi) is 4.31. The highest BCUT2D eigenvalue weighted by Gasteiger charge is 2.31. The third-order valence-corrected chi connectivity index (χ3v) is 3.70. The van der Waals surface area contributed by atoms with Gasteiger partial charge in [-0.25, -0.2) is 9.97 Å². The first-order valence-electron chi connectivity index (χ1n) is 7.09. The van der Waals surface area contributed by atoms with E-state index in [9.17, 15) is 18.0 Å². The standard InChI is InChI=1S/C15H12ClF3N4O/c16-10-4-1-8(15(17,18)19)5-11(10)23-13-6-12(20-7-21-13)14(24)22-9-2-3-9/h1,4-7,9H,2-3H2,(H,22,24)(H,20,21,23). The summed E-state index contributed by atoms with van der Waals surface area (Å²) in [7, 11) is 0. The van der Waals surface area contributed by atoms with Gasteiger partial charge in [-0.2, -0.15) is 13.2 Å². The van der Waals surface area contributed by atoms with Crippen molar-refractivity contribution in [2.24, 2.45) is 0 Å². The molecule has 2 N–H and O–H groups in total. The lowest BCUT2D eigenvalue weighted by Gasteiger charge is -2.12. The molecule has 1 aliphatic rings. The number of carbonyl (C=O) groups is 1. The van der Waals surface area contributed by atoms with Gasteiger partial charge in [0.2, 0.25) is 0 Å². The molecule has 0 spiro atoms. The molecule has 24 heavy (non-hydrogen) atoms. The molecule has 1 saturated carbocycles. The first-order valence-corrected chi connectivity index (χ1v) is 7.47. The van der Waals surface area contributed by atoms with Gasteiger partial charge >= 0.3 is 6.18 Å². The van der Waals surface area contributed by atoms with Crippen molar-refractivity contribution in [3.05, 3.63) is 46.9 Å². The SMILES string of the molecule is O=C(NC1CC1)c1cc(Nc2cc(C(F)(F)F)ccc2Cl)ncn1. The summed E-state index contributed by atoms with van der Waals surface area (Å²) in [4.78, 5) is 19.7. The van der Waals surface area contributed by atoms with Crippen LogP contribution in [-0.4, -0.2) is 21.9 Å². The predicted molar refractivity (Wildman–Crippen MR) is 82.3 cm³/mol. The highest BCUT2D eigenvalue weighted by molar-refractivity contribution is 6.33. The van der Waals surface area contributed by atoms with Crippen LogP contribution in [0.4, 0.5) is 24.7 Å². The number of hydrogen-bond acceptors (Lipinski definition) is 4.